The Morgan fingerprint density at radius 2 is 1.69 bits per heavy atom. The van der Waals surface area contributed by atoms with Crippen LogP contribution in [0, 0.1) is 11.3 Å². The van der Waals surface area contributed by atoms with Crippen LogP contribution in [0.3, 0.4) is 0 Å². The lowest BCUT2D eigenvalue weighted by atomic mass is 9.88. The van der Waals surface area contributed by atoms with Gasteiger partial charge < -0.3 is 10.1 Å². The van der Waals surface area contributed by atoms with Crippen molar-refractivity contribution in [1.29, 1.82) is 0 Å². The average molecular weight is 229 g/mol. The summed E-state index contributed by atoms with van der Waals surface area (Å²) in [6, 6.07) is 1.04. The summed E-state index contributed by atoms with van der Waals surface area (Å²) in [5.41, 5.74) is 0.435. The van der Waals surface area contributed by atoms with E-state index in [-0.39, 0.29) is 0 Å². The smallest absolute Gasteiger partial charge is 0.0618 e. The van der Waals surface area contributed by atoms with E-state index in [0.29, 0.717) is 23.4 Å². The van der Waals surface area contributed by atoms with Crippen molar-refractivity contribution < 1.29 is 4.74 Å². The molecule has 2 atom stereocenters. The summed E-state index contributed by atoms with van der Waals surface area (Å²) >= 11 is 0. The molecule has 0 aliphatic rings. The van der Waals surface area contributed by atoms with Crippen molar-refractivity contribution >= 4 is 0 Å². The SMILES string of the molecule is COCC(NC(C)CCC(C)(C)C)C(C)C. The lowest BCUT2D eigenvalue weighted by molar-refractivity contribution is 0.139. The Hall–Kier alpha value is -0.0800. The van der Waals surface area contributed by atoms with Gasteiger partial charge in [-0.3, -0.25) is 0 Å². The highest BCUT2D eigenvalue weighted by Gasteiger charge is 2.17. The molecule has 1 N–H and O–H groups in total. The van der Waals surface area contributed by atoms with Crippen molar-refractivity contribution in [2.75, 3.05) is 13.7 Å². The molecule has 0 spiro atoms. The van der Waals surface area contributed by atoms with Gasteiger partial charge in [0.05, 0.1) is 6.61 Å². The zero-order valence-corrected chi connectivity index (χ0v) is 12.3. The third-order valence-electron chi connectivity index (χ3n) is 2.98. The van der Waals surface area contributed by atoms with E-state index in [0.717, 1.165) is 6.61 Å². The van der Waals surface area contributed by atoms with E-state index in [4.69, 9.17) is 4.74 Å². The highest BCUT2D eigenvalue weighted by molar-refractivity contribution is 4.75. The first-order valence-electron chi connectivity index (χ1n) is 6.51. The van der Waals surface area contributed by atoms with Crippen LogP contribution in [0.25, 0.3) is 0 Å². The maximum atomic E-state index is 5.25. The van der Waals surface area contributed by atoms with Crippen molar-refractivity contribution in [3.63, 3.8) is 0 Å². The van der Waals surface area contributed by atoms with E-state index in [9.17, 15) is 0 Å². The van der Waals surface area contributed by atoms with Gasteiger partial charge in [0.15, 0.2) is 0 Å². The molecule has 0 saturated carbocycles. The molecule has 0 saturated heterocycles. The van der Waals surface area contributed by atoms with Crippen molar-refractivity contribution in [1.82, 2.24) is 5.32 Å². The quantitative estimate of drug-likeness (QED) is 0.722. The van der Waals surface area contributed by atoms with Gasteiger partial charge in [0, 0.05) is 19.2 Å². The van der Waals surface area contributed by atoms with E-state index < -0.39 is 0 Å². The molecule has 0 rings (SSSR count). The molecule has 0 aromatic rings. The minimum atomic E-state index is 0.435. The molecule has 0 bridgehead atoms. The molecule has 0 heterocycles. The van der Waals surface area contributed by atoms with Gasteiger partial charge >= 0.3 is 0 Å². The topological polar surface area (TPSA) is 21.3 Å². The molecule has 98 valence electrons. The van der Waals surface area contributed by atoms with Crippen molar-refractivity contribution in [2.45, 2.75) is 66.5 Å². The third kappa shape index (κ3) is 8.12. The Bertz CT molecular complexity index is 172. The van der Waals surface area contributed by atoms with Gasteiger partial charge in [0.1, 0.15) is 0 Å². The van der Waals surface area contributed by atoms with Crippen LogP contribution in [0.2, 0.25) is 0 Å². The summed E-state index contributed by atoms with van der Waals surface area (Å²) in [5.74, 6) is 0.622. The minimum absolute atomic E-state index is 0.435. The summed E-state index contributed by atoms with van der Waals surface area (Å²) < 4.78 is 5.25. The van der Waals surface area contributed by atoms with Crippen LogP contribution in [-0.2, 0) is 4.74 Å². The summed E-state index contributed by atoms with van der Waals surface area (Å²) in [7, 11) is 1.77. The van der Waals surface area contributed by atoms with Crippen LogP contribution in [0.5, 0.6) is 0 Å². The first-order chi connectivity index (χ1) is 7.26. The predicted molar refractivity (Wildman–Crippen MR) is 71.8 cm³/mol. The Labute approximate surface area is 102 Å². The van der Waals surface area contributed by atoms with Gasteiger partial charge in [0.2, 0.25) is 0 Å². The molecule has 16 heavy (non-hydrogen) atoms. The molecule has 0 aromatic carbocycles. The summed E-state index contributed by atoms with van der Waals surface area (Å²) in [4.78, 5) is 0. The normalized spacial score (nSPS) is 16.5. The molecule has 0 aromatic heterocycles. The molecule has 0 radical (unpaired) electrons. The van der Waals surface area contributed by atoms with E-state index in [1.54, 1.807) is 7.11 Å². The van der Waals surface area contributed by atoms with Gasteiger partial charge in [-0.25, -0.2) is 0 Å². The number of hydrogen-bond donors (Lipinski definition) is 1. The number of rotatable bonds is 7. The molecular weight excluding hydrogens is 198 g/mol. The second-order valence-corrected chi connectivity index (χ2v) is 6.47. The van der Waals surface area contributed by atoms with E-state index in [1.165, 1.54) is 12.8 Å². The molecule has 0 amide bonds. The monoisotopic (exact) mass is 229 g/mol. The first-order valence-corrected chi connectivity index (χ1v) is 6.51. The number of hydrogen-bond acceptors (Lipinski definition) is 2. The lowest BCUT2D eigenvalue weighted by Gasteiger charge is -2.28. The maximum absolute atomic E-state index is 5.25. The van der Waals surface area contributed by atoms with Crippen molar-refractivity contribution in [3.8, 4) is 0 Å². The zero-order valence-electron chi connectivity index (χ0n) is 12.3. The van der Waals surface area contributed by atoms with Gasteiger partial charge in [-0.2, -0.15) is 0 Å². The van der Waals surface area contributed by atoms with Crippen LogP contribution >= 0.6 is 0 Å². The van der Waals surface area contributed by atoms with E-state index >= 15 is 0 Å². The Kier molecular flexibility index (Phi) is 7.25. The van der Waals surface area contributed by atoms with Crippen LogP contribution < -0.4 is 5.32 Å². The number of methoxy groups -OCH3 is 1. The van der Waals surface area contributed by atoms with E-state index in [2.05, 4.69) is 46.9 Å². The van der Waals surface area contributed by atoms with Gasteiger partial charge in [-0.05, 0) is 31.1 Å². The summed E-state index contributed by atoms with van der Waals surface area (Å²) in [5, 5.41) is 3.66. The Balaban J connectivity index is 3.95. The van der Waals surface area contributed by atoms with Crippen LogP contribution in [-0.4, -0.2) is 25.8 Å². The molecule has 0 aliphatic carbocycles. The van der Waals surface area contributed by atoms with Crippen LogP contribution in [0.1, 0.15) is 54.4 Å². The zero-order chi connectivity index (χ0) is 12.8. The summed E-state index contributed by atoms with van der Waals surface area (Å²) in [6.07, 6.45) is 2.50. The van der Waals surface area contributed by atoms with Crippen molar-refractivity contribution in [2.24, 2.45) is 11.3 Å². The standard InChI is InChI=1S/C14H31NO/c1-11(2)13(10-16-7)15-12(3)8-9-14(4,5)6/h11-13,15H,8-10H2,1-7H3. The summed E-state index contributed by atoms with van der Waals surface area (Å²) in [6.45, 7) is 14.5. The third-order valence-corrected chi connectivity index (χ3v) is 2.98. The number of nitrogens with one attached hydrogen (secondary N) is 1. The maximum Gasteiger partial charge on any atom is 0.0618 e. The van der Waals surface area contributed by atoms with Crippen LogP contribution in [0.15, 0.2) is 0 Å². The fourth-order valence-electron chi connectivity index (χ4n) is 1.71. The highest BCUT2D eigenvalue weighted by Crippen LogP contribution is 2.21. The average Bonchev–Trinajstić information content (AvgIpc) is 2.13. The van der Waals surface area contributed by atoms with Crippen LogP contribution in [0.4, 0.5) is 0 Å². The first kappa shape index (κ1) is 15.9. The van der Waals surface area contributed by atoms with Gasteiger partial charge in [0.25, 0.3) is 0 Å². The highest BCUT2D eigenvalue weighted by atomic mass is 16.5. The second kappa shape index (κ2) is 7.29. The largest absolute Gasteiger partial charge is 0.383 e. The molecular formula is C14H31NO. The Morgan fingerprint density at radius 3 is 2.06 bits per heavy atom. The van der Waals surface area contributed by atoms with Gasteiger partial charge in [-0.1, -0.05) is 34.6 Å². The fourth-order valence-corrected chi connectivity index (χ4v) is 1.71. The van der Waals surface area contributed by atoms with Gasteiger partial charge in [-0.15, -0.1) is 0 Å². The predicted octanol–water partition coefficient (Wildman–Crippen LogP) is 3.46. The molecule has 2 nitrogen and oxygen atoms in total. The lowest BCUT2D eigenvalue weighted by Crippen LogP contribution is -2.43. The molecule has 2 unspecified atom stereocenters. The Morgan fingerprint density at radius 1 is 1.12 bits per heavy atom. The second-order valence-electron chi connectivity index (χ2n) is 6.47. The molecule has 0 aliphatic heterocycles. The van der Waals surface area contributed by atoms with E-state index in [1.807, 2.05) is 0 Å². The number of ether oxygens (including phenoxy) is 1. The minimum Gasteiger partial charge on any atom is -0.383 e. The molecule has 0 fully saturated rings. The fraction of sp³-hybridized carbons (Fsp3) is 1.00. The van der Waals surface area contributed by atoms with Crippen molar-refractivity contribution in [3.05, 3.63) is 0 Å². The molecule has 2 heteroatoms.